The number of esters is 1. The van der Waals surface area contributed by atoms with Crippen LogP contribution in [-0.2, 0) is 11.2 Å². The zero-order valence-corrected chi connectivity index (χ0v) is 14.8. The molecule has 0 radical (unpaired) electrons. The highest BCUT2D eigenvalue weighted by Crippen LogP contribution is 2.31. The van der Waals surface area contributed by atoms with Crippen LogP contribution in [0, 0.1) is 0 Å². The van der Waals surface area contributed by atoms with Gasteiger partial charge in [0.25, 0.3) is 5.91 Å². The molecule has 0 spiro atoms. The molecule has 0 fully saturated rings. The molecule has 2 aromatic rings. The number of hydrogen-bond donors (Lipinski definition) is 1. The lowest BCUT2D eigenvalue weighted by Crippen LogP contribution is -2.13. The van der Waals surface area contributed by atoms with Gasteiger partial charge in [-0.15, -0.1) is 22.7 Å². The van der Waals surface area contributed by atoms with Crippen LogP contribution in [0.2, 0.25) is 0 Å². The van der Waals surface area contributed by atoms with E-state index in [1.165, 1.54) is 22.7 Å². The Morgan fingerprint density at radius 3 is 2.71 bits per heavy atom. The van der Waals surface area contributed by atoms with Crippen molar-refractivity contribution in [2.24, 2.45) is 0 Å². The van der Waals surface area contributed by atoms with Crippen molar-refractivity contribution in [2.45, 2.75) is 20.3 Å². The molecule has 0 saturated heterocycles. The summed E-state index contributed by atoms with van der Waals surface area (Å²) in [5.74, 6) is -0.638. The molecule has 0 unspecified atom stereocenters. The molecule has 0 aliphatic heterocycles. The van der Waals surface area contributed by atoms with Crippen LogP contribution >= 0.6 is 38.6 Å². The predicted octanol–water partition coefficient (Wildman–Crippen LogP) is 4.56. The molecule has 1 N–H and O–H groups in total. The molecule has 4 nitrogen and oxygen atoms in total. The Morgan fingerprint density at radius 1 is 1.38 bits per heavy atom. The maximum atomic E-state index is 12.3. The van der Waals surface area contributed by atoms with Crippen LogP contribution in [0.5, 0.6) is 0 Å². The normalized spacial score (nSPS) is 10.4. The molecule has 2 heterocycles. The zero-order chi connectivity index (χ0) is 15.4. The summed E-state index contributed by atoms with van der Waals surface area (Å²) in [5.41, 5.74) is 0.416. The van der Waals surface area contributed by atoms with Crippen molar-refractivity contribution in [3.8, 4) is 0 Å². The first-order chi connectivity index (χ1) is 10.1. The van der Waals surface area contributed by atoms with Crippen molar-refractivity contribution in [3.05, 3.63) is 37.3 Å². The number of carbonyl (C=O) groups is 2. The minimum atomic E-state index is -0.408. The smallest absolute Gasteiger partial charge is 0.341 e. The predicted molar refractivity (Wildman–Crippen MR) is 89.6 cm³/mol. The number of thiophene rings is 2. The maximum absolute atomic E-state index is 12.3. The Hall–Kier alpha value is -1.18. The van der Waals surface area contributed by atoms with E-state index in [4.69, 9.17) is 4.74 Å². The molecule has 2 rings (SSSR count). The molecular weight excluding hydrogens is 374 g/mol. The number of ether oxygens (including phenoxy) is 1. The zero-order valence-electron chi connectivity index (χ0n) is 11.6. The van der Waals surface area contributed by atoms with Crippen LogP contribution in [0.15, 0.2) is 22.0 Å². The van der Waals surface area contributed by atoms with Crippen LogP contribution in [0.1, 0.15) is 38.8 Å². The molecule has 0 saturated carbocycles. The van der Waals surface area contributed by atoms with Gasteiger partial charge in [-0.3, -0.25) is 4.79 Å². The summed E-state index contributed by atoms with van der Waals surface area (Å²) in [4.78, 5) is 25.8. The summed E-state index contributed by atoms with van der Waals surface area (Å²) in [5, 5.41) is 5.18. The minimum absolute atomic E-state index is 0.230. The van der Waals surface area contributed by atoms with E-state index in [0.717, 1.165) is 15.8 Å². The second kappa shape index (κ2) is 7.20. The summed E-state index contributed by atoms with van der Waals surface area (Å²) < 4.78 is 5.78. The van der Waals surface area contributed by atoms with E-state index >= 15 is 0 Å². The van der Waals surface area contributed by atoms with Gasteiger partial charge >= 0.3 is 5.97 Å². The fourth-order valence-electron chi connectivity index (χ4n) is 1.69. The van der Waals surface area contributed by atoms with E-state index < -0.39 is 5.97 Å². The molecule has 21 heavy (non-hydrogen) atoms. The Bertz CT molecular complexity index is 663. The fourth-order valence-corrected chi connectivity index (χ4v) is 4.11. The number of carbonyl (C=O) groups excluding carboxylic acids is 2. The monoisotopic (exact) mass is 387 g/mol. The lowest BCUT2D eigenvalue weighted by Gasteiger charge is -2.05. The van der Waals surface area contributed by atoms with Gasteiger partial charge in [-0.05, 0) is 46.8 Å². The molecule has 0 aliphatic carbocycles. The molecule has 0 atom stereocenters. The van der Waals surface area contributed by atoms with Gasteiger partial charge in [-0.1, -0.05) is 6.92 Å². The highest BCUT2D eigenvalue weighted by Gasteiger charge is 2.20. The standard InChI is InChI=1S/C14H14BrNO3S2/c1-3-8-7-9(14(18)19-4-2)13(21-8)16-12(17)11-10(15)5-6-20-11/h5-7H,3-4H2,1-2H3,(H,16,17). The van der Waals surface area contributed by atoms with Crippen molar-refractivity contribution in [1.82, 2.24) is 0 Å². The summed E-state index contributed by atoms with van der Waals surface area (Å²) in [6, 6.07) is 3.60. The number of aryl methyl sites for hydroxylation is 1. The third-order valence-corrected chi connectivity index (χ3v) is 5.71. The second-order valence-electron chi connectivity index (χ2n) is 4.08. The van der Waals surface area contributed by atoms with Crippen molar-refractivity contribution in [3.63, 3.8) is 0 Å². The van der Waals surface area contributed by atoms with Gasteiger partial charge in [-0.25, -0.2) is 4.79 Å². The molecule has 0 aliphatic rings. The minimum Gasteiger partial charge on any atom is -0.462 e. The average molecular weight is 388 g/mol. The lowest BCUT2D eigenvalue weighted by atomic mass is 10.2. The SMILES string of the molecule is CCOC(=O)c1cc(CC)sc1NC(=O)c1sccc1Br. The Balaban J connectivity index is 2.26. The van der Waals surface area contributed by atoms with Crippen molar-refractivity contribution >= 4 is 55.5 Å². The summed E-state index contributed by atoms with van der Waals surface area (Å²) in [6.45, 7) is 4.06. The van der Waals surface area contributed by atoms with Gasteiger partial charge in [0.2, 0.25) is 0 Å². The number of hydrogen-bond acceptors (Lipinski definition) is 5. The molecule has 7 heteroatoms. The molecular formula is C14H14BrNO3S2. The third kappa shape index (κ3) is 3.72. The van der Waals surface area contributed by atoms with Gasteiger partial charge in [0.05, 0.1) is 12.2 Å². The maximum Gasteiger partial charge on any atom is 0.341 e. The van der Waals surface area contributed by atoms with Crippen LogP contribution in [0.3, 0.4) is 0 Å². The van der Waals surface area contributed by atoms with E-state index in [1.807, 2.05) is 18.4 Å². The van der Waals surface area contributed by atoms with Crippen LogP contribution < -0.4 is 5.32 Å². The van der Waals surface area contributed by atoms with Gasteiger partial charge in [-0.2, -0.15) is 0 Å². The van der Waals surface area contributed by atoms with Crippen LogP contribution in [-0.4, -0.2) is 18.5 Å². The molecule has 1 amide bonds. The number of nitrogens with one attached hydrogen (secondary N) is 1. The number of halogens is 1. The lowest BCUT2D eigenvalue weighted by molar-refractivity contribution is 0.0528. The van der Waals surface area contributed by atoms with E-state index in [-0.39, 0.29) is 5.91 Å². The Kier molecular flexibility index (Phi) is 5.55. The van der Waals surface area contributed by atoms with Gasteiger partial charge in [0.1, 0.15) is 9.88 Å². The van der Waals surface area contributed by atoms with Gasteiger partial charge in [0.15, 0.2) is 0 Å². The highest BCUT2D eigenvalue weighted by atomic mass is 79.9. The number of anilines is 1. The highest BCUT2D eigenvalue weighted by molar-refractivity contribution is 9.10. The first-order valence-corrected chi connectivity index (χ1v) is 8.89. The average Bonchev–Trinajstić information content (AvgIpc) is 3.05. The molecule has 2 aromatic heterocycles. The van der Waals surface area contributed by atoms with Gasteiger partial charge < -0.3 is 10.1 Å². The van der Waals surface area contributed by atoms with Crippen LogP contribution in [0.4, 0.5) is 5.00 Å². The Morgan fingerprint density at radius 2 is 2.14 bits per heavy atom. The van der Waals surface area contributed by atoms with E-state index in [1.54, 1.807) is 13.0 Å². The van der Waals surface area contributed by atoms with Crippen LogP contribution in [0.25, 0.3) is 0 Å². The first-order valence-electron chi connectivity index (χ1n) is 6.41. The first kappa shape index (κ1) is 16.2. The van der Waals surface area contributed by atoms with Gasteiger partial charge in [0, 0.05) is 9.35 Å². The van der Waals surface area contributed by atoms with E-state index in [9.17, 15) is 9.59 Å². The summed E-state index contributed by atoms with van der Waals surface area (Å²) in [6.07, 6.45) is 0.801. The van der Waals surface area contributed by atoms with Crippen molar-refractivity contribution < 1.29 is 14.3 Å². The number of amides is 1. The largest absolute Gasteiger partial charge is 0.462 e. The molecule has 112 valence electrons. The second-order valence-corrected chi connectivity index (χ2v) is 6.99. The Labute approximate surface area is 139 Å². The number of rotatable bonds is 5. The third-order valence-electron chi connectivity index (χ3n) is 2.68. The summed E-state index contributed by atoms with van der Waals surface area (Å²) >= 11 is 6.08. The van der Waals surface area contributed by atoms with Crippen molar-refractivity contribution in [2.75, 3.05) is 11.9 Å². The summed E-state index contributed by atoms with van der Waals surface area (Å²) in [7, 11) is 0. The van der Waals surface area contributed by atoms with Crippen molar-refractivity contribution in [1.29, 1.82) is 0 Å². The van der Waals surface area contributed by atoms with E-state index in [2.05, 4.69) is 21.2 Å². The topological polar surface area (TPSA) is 55.4 Å². The quantitative estimate of drug-likeness (QED) is 0.764. The molecule has 0 bridgehead atoms. The molecule has 0 aromatic carbocycles. The fraction of sp³-hybridized carbons (Fsp3) is 0.286. The van der Waals surface area contributed by atoms with E-state index in [0.29, 0.717) is 22.0 Å².